The van der Waals surface area contributed by atoms with Crippen LogP contribution in [-0.4, -0.2) is 29.6 Å². The first-order valence-electron chi connectivity index (χ1n) is 6.82. The van der Waals surface area contributed by atoms with Crippen LogP contribution in [0.5, 0.6) is 0 Å². The van der Waals surface area contributed by atoms with Gasteiger partial charge in [0.2, 0.25) is 0 Å². The van der Waals surface area contributed by atoms with E-state index in [4.69, 9.17) is 5.11 Å². The van der Waals surface area contributed by atoms with Crippen molar-refractivity contribution >= 4 is 17.5 Å². The average molecular weight is 296 g/mol. The Bertz CT molecular complexity index is 518. The van der Waals surface area contributed by atoms with Crippen LogP contribution >= 0.6 is 0 Å². The van der Waals surface area contributed by atoms with Crippen molar-refractivity contribution in [2.75, 3.05) is 11.9 Å². The summed E-state index contributed by atoms with van der Waals surface area (Å²) in [5, 5.41) is 13.8. The molecule has 0 bridgehead atoms. The summed E-state index contributed by atoms with van der Waals surface area (Å²) in [5.41, 5.74) is 0.722. The zero-order valence-corrected chi connectivity index (χ0v) is 12.4. The molecule has 0 radical (unpaired) electrons. The third kappa shape index (κ3) is 5.51. The number of aryl methyl sites for hydroxylation is 1. The number of carbonyl (C=O) groups excluding carboxylic acids is 2. The van der Waals surface area contributed by atoms with Crippen LogP contribution in [0.2, 0.25) is 0 Å². The Hall–Kier alpha value is -1.95. The van der Waals surface area contributed by atoms with Crippen molar-refractivity contribution < 1.29 is 19.1 Å². The lowest BCUT2D eigenvalue weighted by Crippen LogP contribution is -2.44. The highest BCUT2D eigenvalue weighted by Crippen LogP contribution is 2.15. The third-order valence-corrected chi connectivity index (χ3v) is 2.89. The van der Waals surface area contributed by atoms with Crippen LogP contribution in [0.1, 0.15) is 25.8 Å². The summed E-state index contributed by atoms with van der Waals surface area (Å²) in [4.78, 5) is 23.5. The molecular weight excluding hydrogens is 275 g/mol. The highest BCUT2D eigenvalue weighted by atomic mass is 19.1. The van der Waals surface area contributed by atoms with E-state index in [1.54, 1.807) is 13.0 Å². The molecule has 0 saturated heterocycles. The minimum atomic E-state index is -0.957. The number of aliphatic hydroxyl groups excluding tert-OH is 1. The number of rotatable bonds is 5. The van der Waals surface area contributed by atoms with Gasteiger partial charge in [-0.2, -0.15) is 0 Å². The lowest BCUT2D eigenvalue weighted by Gasteiger charge is -2.18. The minimum absolute atomic E-state index is 0.0421. The Morgan fingerprint density at radius 1 is 1.29 bits per heavy atom. The maximum absolute atomic E-state index is 13.5. The van der Waals surface area contributed by atoms with E-state index in [1.807, 2.05) is 13.8 Å². The van der Waals surface area contributed by atoms with Crippen molar-refractivity contribution in [3.8, 4) is 0 Å². The standard InChI is InChI=1S/C15H21FN2O3/c1-9(2)6-11(8-19)17-14(20)15(21)18-13-7-10(3)4-5-12(13)16/h4-5,7,9,11,19H,6,8H2,1-3H3,(H,17,20)(H,18,21). The van der Waals surface area contributed by atoms with E-state index in [0.717, 1.165) is 5.56 Å². The zero-order chi connectivity index (χ0) is 16.0. The number of hydrogen-bond acceptors (Lipinski definition) is 3. The van der Waals surface area contributed by atoms with E-state index in [2.05, 4.69) is 10.6 Å². The Morgan fingerprint density at radius 3 is 2.52 bits per heavy atom. The van der Waals surface area contributed by atoms with Crippen molar-refractivity contribution in [3.05, 3.63) is 29.6 Å². The lowest BCUT2D eigenvalue weighted by molar-refractivity contribution is -0.136. The summed E-state index contributed by atoms with van der Waals surface area (Å²) in [7, 11) is 0. The zero-order valence-electron chi connectivity index (χ0n) is 12.4. The molecule has 1 unspecified atom stereocenters. The number of anilines is 1. The number of hydrogen-bond donors (Lipinski definition) is 3. The van der Waals surface area contributed by atoms with Gasteiger partial charge in [0.1, 0.15) is 5.82 Å². The van der Waals surface area contributed by atoms with E-state index >= 15 is 0 Å². The van der Waals surface area contributed by atoms with Gasteiger partial charge in [-0.15, -0.1) is 0 Å². The molecule has 0 aliphatic carbocycles. The average Bonchev–Trinajstić information content (AvgIpc) is 2.41. The second-order valence-electron chi connectivity index (χ2n) is 5.42. The highest BCUT2D eigenvalue weighted by Gasteiger charge is 2.20. The number of aliphatic hydroxyl groups is 1. The van der Waals surface area contributed by atoms with Gasteiger partial charge in [0.25, 0.3) is 0 Å². The maximum atomic E-state index is 13.5. The Balaban J connectivity index is 2.66. The summed E-state index contributed by atoms with van der Waals surface area (Å²) in [6.45, 7) is 5.38. The molecule has 0 fully saturated rings. The van der Waals surface area contributed by atoms with Gasteiger partial charge in [0, 0.05) is 0 Å². The van der Waals surface area contributed by atoms with Crippen LogP contribution in [0, 0.1) is 18.7 Å². The normalized spacial score (nSPS) is 12.1. The lowest BCUT2D eigenvalue weighted by atomic mass is 10.0. The van der Waals surface area contributed by atoms with Gasteiger partial charge < -0.3 is 15.7 Å². The van der Waals surface area contributed by atoms with Crippen molar-refractivity contribution in [3.63, 3.8) is 0 Å². The van der Waals surface area contributed by atoms with Crippen LogP contribution in [0.4, 0.5) is 10.1 Å². The second kappa shape index (κ2) is 7.73. The highest BCUT2D eigenvalue weighted by molar-refractivity contribution is 6.39. The number of halogens is 1. The first-order valence-corrected chi connectivity index (χ1v) is 6.82. The van der Waals surface area contributed by atoms with Crippen molar-refractivity contribution in [1.82, 2.24) is 5.32 Å². The summed E-state index contributed by atoms with van der Waals surface area (Å²) in [6.07, 6.45) is 0.550. The van der Waals surface area contributed by atoms with Crippen LogP contribution in [0.3, 0.4) is 0 Å². The fourth-order valence-electron chi connectivity index (χ4n) is 1.91. The molecule has 21 heavy (non-hydrogen) atoms. The Labute approximate surface area is 123 Å². The number of carbonyl (C=O) groups is 2. The largest absolute Gasteiger partial charge is 0.394 e. The molecule has 1 atom stereocenters. The topological polar surface area (TPSA) is 78.4 Å². The smallest absolute Gasteiger partial charge is 0.313 e. The molecule has 0 spiro atoms. The van der Waals surface area contributed by atoms with Crippen molar-refractivity contribution in [1.29, 1.82) is 0 Å². The van der Waals surface area contributed by atoms with E-state index in [1.165, 1.54) is 12.1 Å². The van der Waals surface area contributed by atoms with Crippen LogP contribution in [0.15, 0.2) is 18.2 Å². The molecule has 1 rings (SSSR count). The number of nitrogens with one attached hydrogen (secondary N) is 2. The van der Waals surface area contributed by atoms with E-state index in [9.17, 15) is 14.0 Å². The summed E-state index contributed by atoms with van der Waals surface area (Å²) < 4.78 is 13.5. The molecule has 6 heteroatoms. The quantitative estimate of drug-likeness (QED) is 0.722. The van der Waals surface area contributed by atoms with Crippen LogP contribution in [0.25, 0.3) is 0 Å². The first kappa shape index (κ1) is 17.1. The number of amides is 2. The molecule has 116 valence electrons. The molecule has 0 aliphatic rings. The van der Waals surface area contributed by atoms with E-state index in [0.29, 0.717) is 6.42 Å². The molecule has 1 aromatic rings. The van der Waals surface area contributed by atoms with Crippen LogP contribution < -0.4 is 10.6 Å². The first-order chi connectivity index (χ1) is 9.83. The Morgan fingerprint density at radius 2 is 1.95 bits per heavy atom. The maximum Gasteiger partial charge on any atom is 0.313 e. The van der Waals surface area contributed by atoms with Gasteiger partial charge in [0.15, 0.2) is 0 Å². The fourth-order valence-corrected chi connectivity index (χ4v) is 1.91. The van der Waals surface area contributed by atoms with Gasteiger partial charge in [0.05, 0.1) is 18.3 Å². The van der Waals surface area contributed by atoms with E-state index in [-0.39, 0.29) is 18.2 Å². The molecule has 0 aromatic heterocycles. The van der Waals surface area contributed by atoms with E-state index < -0.39 is 23.7 Å². The fraction of sp³-hybridized carbons (Fsp3) is 0.467. The molecule has 5 nitrogen and oxygen atoms in total. The minimum Gasteiger partial charge on any atom is -0.394 e. The van der Waals surface area contributed by atoms with Crippen molar-refractivity contribution in [2.24, 2.45) is 5.92 Å². The van der Waals surface area contributed by atoms with Gasteiger partial charge in [-0.3, -0.25) is 9.59 Å². The molecule has 2 amide bonds. The molecule has 0 aliphatic heterocycles. The predicted octanol–water partition coefficient (Wildman–Crippen LogP) is 1.60. The van der Waals surface area contributed by atoms with Gasteiger partial charge in [-0.1, -0.05) is 19.9 Å². The molecular formula is C15H21FN2O3. The second-order valence-corrected chi connectivity index (χ2v) is 5.42. The molecule has 3 N–H and O–H groups in total. The summed E-state index contributed by atoms with van der Waals surface area (Å²) in [5.74, 6) is -2.19. The predicted molar refractivity (Wildman–Crippen MR) is 78.2 cm³/mol. The summed E-state index contributed by atoms with van der Waals surface area (Å²) >= 11 is 0. The van der Waals surface area contributed by atoms with Crippen LogP contribution in [-0.2, 0) is 9.59 Å². The molecule has 0 heterocycles. The monoisotopic (exact) mass is 296 g/mol. The number of benzene rings is 1. The van der Waals surface area contributed by atoms with Crippen molar-refractivity contribution in [2.45, 2.75) is 33.2 Å². The van der Waals surface area contributed by atoms with Gasteiger partial charge >= 0.3 is 11.8 Å². The SMILES string of the molecule is Cc1ccc(F)c(NC(=O)C(=O)NC(CO)CC(C)C)c1. The third-order valence-electron chi connectivity index (χ3n) is 2.89. The molecule has 1 aromatic carbocycles. The van der Waals surface area contributed by atoms with Gasteiger partial charge in [-0.05, 0) is 37.0 Å². The Kier molecular flexibility index (Phi) is 6.30. The molecule has 0 saturated carbocycles. The summed E-state index contributed by atoms with van der Waals surface area (Å²) in [6, 6.07) is 3.73. The van der Waals surface area contributed by atoms with Gasteiger partial charge in [-0.25, -0.2) is 4.39 Å².